The quantitative estimate of drug-likeness (QED) is 0.712. The van der Waals surface area contributed by atoms with Crippen LogP contribution in [0.5, 0.6) is 0 Å². The van der Waals surface area contributed by atoms with Crippen LogP contribution in [0, 0.1) is 0 Å². The van der Waals surface area contributed by atoms with E-state index in [1.54, 1.807) is 0 Å². The molecule has 1 amide bonds. The summed E-state index contributed by atoms with van der Waals surface area (Å²) in [4.78, 5) is 16.5. The van der Waals surface area contributed by atoms with Crippen molar-refractivity contribution in [2.24, 2.45) is 0 Å². The highest BCUT2D eigenvalue weighted by Gasteiger charge is 2.35. The number of hydrogen-bond acceptors (Lipinski definition) is 4. The van der Waals surface area contributed by atoms with Gasteiger partial charge >= 0.3 is 0 Å². The summed E-state index contributed by atoms with van der Waals surface area (Å²) in [5.74, 6) is 0.176. The third-order valence-corrected chi connectivity index (χ3v) is 3.77. The number of nitrogens with one attached hydrogen (secondary N) is 2. The third-order valence-electron chi connectivity index (χ3n) is 3.77. The van der Waals surface area contributed by atoms with E-state index < -0.39 is 0 Å². The second kappa shape index (κ2) is 5.55. The third kappa shape index (κ3) is 3.67. The molecule has 0 aliphatic carbocycles. The van der Waals surface area contributed by atoms with Gasteiger partial charge in [0.15, 0.2) is 0 Å². The van der Waals surface area contributed by atoms with Gasteiger partial charge in [-0.25, -0.2) is 0 Å². The van der Waals surface area contributed by atoms with E-state index in [9.17, 15) is 4.79 Å². The van der Waals surface area contributed by atoms with Crippen molar-refractivity contribution in [2.45, 2.75) is 32.4 Å². The predicted molar refractivity (Wildman–Crippen MR) is 72.6 cm³/mol. The van der Waals surface area contributed by atoms with Gasteiger partial charge in [0, 0.05) is 44.8 Å². The van der Waals surface area contributed by atoms with Crippen LogP contribution < -0.4 is 10.6 Å². The van der Waals surface area contributed by atoms with Crippen molar-refractivity contribution >= 4 is 5.91 Å². The first-order valence-electron chi connectivity index (χ1n) is 6.92. The van der Waals surface area contributed by atoms with Crippen LogP contribution in [0.25, 0.3) is 0 Å². The molecule has 0 bridgehead atoms. The maximum Gasteiger partial charge on any atom is 0.234 e. The topological polar surface area (TPSA) is 47.6 Å². The monoisotopic (exact) mass is 254 g/mol. The van der Waals surface area contributed by atoms with Gasteiger partial charge in [0.1, 0.15) is 0 Å². The summed E-state index contributed by atoms with van der Waals surface area (Å²) in [6.07, 6.45) is 0. The first kappa shape index (κ1) is 13.8. The molecule has 0 atom stereocenters. The van der Waals surface area contributed by atoms with Gasteiger partial charge in [-0.15, -0.1) is 0 Å². The molecule has 2 N–H and O–H groups in total. The molecule has 0 radical (unpaired) electrons. The minimum Gasteiger partial charge on any atom is -0.350 e. The molecule has 0 saturated carbocycles. The first-order chi connectivity index (χ1) is 8.45. The molecule has 0 aromatic carbocycles. The van der Waals surface area contributed by atoms with Crippen molar-refractivity contribution in [2.75, 3.05) is 45.8 Å². The summed E-state index contributed by atoms with van der Waals surface area (Å²) in [6, 6.07) is 0.347. The van der Waals surface area contributed by atoms with E-state index in [2.05, 4.69) is 41.2 Å². The van der Waals surface area contributed by atoms with Gasteiger partial charge in [0.2, 0.25) is 5.91 Å². The molecule has 104 valence electrons. The largest absolute Gasteiger partial charge is 0.350 e. The van der Waals surface area contributed by atoms with Crippen LogP contribution in [-0.4, -0.2) is 73.1 Å². The Hall–Kier alpha value is -0.650. The molecule has 2 aliphatic rings. The molecule has 18 heavy (non-hydrogen) atoms. The summed E-state index contributed by atoms with van der Waals surface area (Å²) >= 11 is 0. The molecule has 0 aromatic heterocycles. The van der Waals surface area contributed by atoms with E-state index in [0.717, 1.165) is 39.3 Å². The van der Waals surface area contributed by atoms with Crippen molar-refractivity contribution in [3.05, 3.63) is 0 Å². The van der Waals surface area contributed by atoms with Crippen LogP contribution in [0.1, 0.15) is 20.8 Å². The number of carbonyl (C=O) groups is 1. The second-order valence-corrected chi connectivity index (χ2v) is 6.37. The van der Waals surface area contributed by atoms with Gasteiger partial charge in [-0.2, -0.15) is 0 Å². The number of carbonyl (C=O) groups excluding carboxylic acids is 1. The molecule has 0 aromatic rings. The highest BCUT2D eigenvalue weighted by atomic mass is 16.2. The zero-order chi connectivity index (χ0) is 13.2. The Balaban J connectivity index is 1.64. The average molecular weight is 254 g/mol. The van der Waals surface area contributed by atoms with Crippen molar-refractivity contribution < 1.29 is 4.79 Å². The molecule has 2 heterocycles. The smallest absolute Gasteiger partial charge is 0.234 e. The van der Waals surface area contributed by atoms with Gasteiger partial charge < -0.3 is 10.6 Å². The van der Waals surface area contributed by atoms with Gasteiger partial charge in [-0.3, -0.25) is 14.6 Å². The fourth-order valence-electron chi connectivity index (χ4n) is 2.46. The lowest BCUT2D eigenvalue weighted by Gasteiger charge is -2.47. The SMILES string of the molecule is CC(C)(C)N1CC(NC(=O)CN2CCNCC2)C1. The summed E-state index contributed by atoms with van der Waals surface area (Å²) < 4.78 is 0. The van der Waals surface area contributed by atoms with Crippen molar-refractivity contribution in [1.82, 2.24) is 20.4 Å². The standard InChI is InChI=1S/C13H26N4O/c1-13(2,3)17-8-11(9-17)15-12(18)10-16-6-4-14-5-7-16/h11,14H,4-10H2,1-3H3,(H,15,18). The van der Waals surface area contributed by atoms with Crippen LogP contribution in [-0.2, 0) is 4.79 Å². The summed E-state index contributed by atoms with van der Waals surface area (Å²) in [5.41, 5.74) is 0.222. The van der Waals surface area contributed by atoms with Crippen LogP contribution in [0.15, 0.2) is 0 Å². The van der Waals surface area contributed by atoms with E-state index >= 15 is 0 Å². The van der Waals surface area contributed by atoms with Crippen molar-refractivity contribution in [3.8, 4) is 0 Å². The van der Waals surface area contributed by atoms with Gasteiger partial charge in [0.25, 0.3) is 0 Å². The van der Waals surface area contributed by atoms with E-state index in [4.69, 9.17) is 0 Å². The highest BCUT2D eigenvalue weighted by molar-refractivity contribution is 5.78. The normalized spacial score (nSPS) is 23.7. The molecular formula is C13H26N4O. The molecular weight excluding hydrogens is 228 g/mol. The summed E-state index contributed by atoms with van der Waals surface area (Å²) in [5, 5.41) is 6.42. The number of nitrogens with zero attached hydrogens (tertiary/aromatic N) is 2. The number of piperazine rings is 1. The van der Waals surface area contributed by atoms with E-state index in [0.29, 0.717) is 12.6 Å². The van der Waals surface area contributed by atoms with Crippen LogP contribution in [0.2, 0.25) is 0 Å². The molecule has 0 unspecified atom stereocenters. The lowest BCUT2D eigenvalue weighted by atomic mass is 9.97. The first-order valence-corrected chi connectivity index (χ1v) is 6.92. The molecule has 2 fully saturated rings. The Bertz CT molecular complexity index is 288. The average Bonchev–Trinajstić information content (AvgIpc) is 2.22. The minimum absolute atomic E-state index is 0.176. The summed E-state index contributed by atoms with van der Waals surface area (Å²) in [6.45, 7) is 13.1. The van der Waals surface area contributed by atoms with E-state index in [1.165, 1.54) is 0 Å². The Labute approximate surface area is 110 Å². The van der Waals surface area contributed by atoms with Gasteiger partial charge in [-0.1, -0.05) is 0 Å². The Morgan fingerprint density at radius 1 is 1.28 bits per heavy atom. The number of hydrogen-bond donors (Lipinski definition) is 2. The lowest BCUT2D eigenvalue weighted by molar-refractivity contribution is -0.124. The second-order valence-electron chi connectivity index (χ2n) is 6.37. The molecule has 0 spiro atoms. The lowest BCUT2D eigenvalue weighted by Crippen LogP contribution is -2.65. The van der Waals surface area contributed by atoms with Crippen molar-refractivity contribution in [1.29, 1.82) is 0 Å². The fraction of sp³-hybridized carbons (Fsp3) is 0.923. The Kier molecular flexibility index (Phi) is 4.25. The minimum atomic E-state index is 0.176. The summed E-state index contributed by atoms with van der Waals surface area (Å²) in [7, 11) is 0. The maximum atomic E-state index is 11.9. The maximum absolute atomic E-state index is 11.9. The van der Waals surface area contributed by atoms with E-state index in [1.807, 2.05) is 0 Å². The van der Waals surface area contributed by atoms with Gasteiger partial charge in [-0.05, 0) is 20.8 Å². The molecule has 5 nitrogen and oxygen atoms in total. The molecule has 2 rings (SSSR count). The highest BCUT2D eigenvalue weighted by Crippen LogP contribution is 2.20. The van der Waals surface area contributed by atoms with Crippen LogP contribution in [0.3, 0.4) is 0 Å². The Morgan fingerprint density at radius 2 is 1.89 bits per heavy atom. The number of amides is 1. The van der Waals surface area contributed by atoms with Crippen LogP contribution >= 0.6 is 0 Å². The number of likely N-dealkylation sites (tertiary alicyclic amines) is 1. The van der Waals surface area contributed by atoms with Crippen molar-refractivity contribution in [3.63, 3.8) is 0 Å². The number of rotatable bonds is 3. The van der Waals surface area contributed by atoms with Crippen LogP contribution in [0.4, 0.5) is 0 Å². The zero-order valence-corrected chi connectivity index (χ0v) is 11.8. The fourth-order valence-corrected chi connectivity index (χ4v) is 2.46. The van der Waals surface area contributed by atoms with E-state index in [-0.39, 0.29) is 11.4 Å². The predicted octanol–water partition coefficient (Wildman–Crippen LogP) is -0.509. The molecule has 2 aliphatic heterocycles. The molecule has 5 heteroatoms. The zero-order valence-electron chi connectivity index (χ0n) is 11.8. The molecule has 2 saturated heterocycles. The Morgan fingerprint density at radius 3 is 2.44 bits per heavy atom. The van der Waals surface area contributed by atoms with Gasteiger partial charge in [0.05, 0.1) is 12.6 Å².